The van der Waals surface area contributed by atoms with Crippen molar-refractivity contribution in [3.8, 4) is 5.75 Å². The van der Waals surface area contributed by atoms with E-state index in [2.05, 4.69) is 5.18 Å². The minimum Gasteiger partial charge on any atom is -0.497 e. The fourth-order valence-corrected chi connectivity index (χ4v) is 0.969. The molecule has 0 saturated heterocycles. The molecule has 1 unspecified atom stereocenters. The number of benzene rings is 1. The largest absolute Gasteiger partial charge is 0.497 e. The summed E-state index contributed by atoms with van der Waals surface area (Å²) in [6, 6.07) is 6.88. The van der Waals surface area contributed by atoms with Gasteiger partial charge < -0.3 is 4.74 Å². The van der Waals surface area contributed by atoms with Gasteiger partial charge in [0, 0.05) is 0 Å². The molecular formula is C8H8ClNO2. The summed E-state index contributed by atoms with van der Waals surface area (Å²) in [6.07, 6.45) is 0. The zero-order valence-electron chi connectivity index (χ0n) is 6.53. The molecular weight excluding hydrogens is 178 g/mol. The summed E-state index contributed by atoms with van der Waals surface area (Å²) >= 11 is 5.57. The molecule has 1 aromatic rings. The standard InChI is InChI=1S/C8H8ClNO2/c1-12-7-4-2-6(3-5-7)8(9)10-11/h2-5,8H,1H3. The molecule has 0 aromatic heterocycles. The van der Waals surface area contributed by atoms with Crippen molar-refractivity contribution in [1.82, 2.24) is 0 Å². The second kappa shape index (κ2) is 4.07. The van der Waals surface area contributed by atoms with Crippen molar-refractivity contribution in [3.05, 3.63) is 34.7 Å². The van der Waals surface area contributed by atoms with Gasteiger partial charge >= 0.3 is 0 Å². The van der Waals surface area contributed by atoms with Gasteiger partial charge in [-0.1, -0.05) is 23.7 Å². The first-order valence-electron chi connectivity index (χ1n) is 3.38. The average molecular weight is 186 g/mol. The average Bonchev–Trinajstić information content (AvgIpc) is 2.17. The highest BCUT2D eigenvalue weighted by molar-refractivity contribution is 6.20. The van der Waals surface area contributed by atoms with Gasteiger partial charge in [0.25, 0.3) is 0 Å². The molecule has 0 bridgehead atoms. The second-order valence-corrected chi connectivity index (χ2v) is 2.63. The molecule has 4 heteroatoms. The first-order valence-corrected chi connectivity index (χ1v) is 3.82. The lowest BCUT2D eigenvalue weighted by Gasteiger charge is -2.02. The number of alkyl halides is 1. The van der Waals surface area contributed by atoms with Crippen LogP contribution in [0, 0.1) is 4.91 Å². The smallest absolute Gasteiger partial charge is 0.190 e. The van der Waals surface area contributed by atoms with E-state index in [1.54, 1.807) is 31.4 Å². The number of methoxy groups -OCH3 is 1. The first-order chi connectivity index (χ1) is 5.77. The maximum absolute atomic E-state index is 10.0. The molecule has 0 amide bonds. The Morgan fingerprint density at radius 2 is 2.00 bits per heavy atom. The van der Waals surface area contributed by atoms with Crippen LogP contribution in [-0.4, -0.2) is 7.11 Å². The van der Waals surface area contributed by atoms with Gasteiger partial charge in [-0.25, -0.2) is 0 Å². The van der Waals surface area contributed by atoms with Gasteiger partial charge in [0.05, 0.1) is 7.11 Å². The maximum Gasteiger partial charge on any atom is 0.190 e. The van der Waals surface area contributed by atoms with Crippen LogP contribution in [0.15, 0.2) is 29.4 Å². The zero-order chi connectivity index (χ0) is 8.97. The van der Waals surface area contributed by atoms with Crippen LogP contribution in [0.2, 0.25) is 0 Å². The number of rotatable bonds is 3. The van der Waals surface area contributed by atoms with E-state index in [4.69, 9.17) is 16.3 Å². The summed E-state index contributed by atoms with van der Waals surface area (Å²) in [7, 11) is 1.57. The molecule has 0 aliphatic heterocycles. The first kappa shape index (κ1) is 9.00. The number of nitrogens with zero attached hydrogens (tertiary/aromatic N) is 1. The van der Waals surface area contributed by atoms with E-state index in [1.165, 1.54) is 0 Å². The van der Waals surface area contributed by atoms with E-state index in [0.29, 0.717) is 5.56 Å². The van der Waals surface area contributed by atoms with E-state index >= 15 is 0 Å². The third-order valence-corrected chi connectivity index (χ3v) is 1.82. The van der Waals surface area contributed by atoms with Crippen molar-refractivity contribution in [2.24, 2.45) is 5.18 Å². The van der Waals surface area contributed by atoms with Crippen molar-refractivity contribution in [1.29, 1.82) is 0 Å². The van der Waals surface area contributed by atoms with Gasteiger partial charge in [0.1, 0.15) is 5.75 Å². The molecule has 1 rings (SSSR count). The van der Waals surface area contributed by atoms with Crippen LogP contribution < -0.4 is 4.74 Å². The van der Waals surface area contributed by atoms with E-state index in [-0.39, 0.29) is 0 Å². The molecule has 0 N–H and O–H groups in total. The molecule has 0 saturated carbocycles. The molecule has 1 atom stereocenters. The van der Waals surface area contributed by atoms with Gasteiger partial charge in [0.2, 0.25) is 0 Å². The fourth-order valence-electron chi connectivity index (χ4n) is 0.824. The predicted molar refractivity (Wildman–Crippen MR) is 47.4 cm³/mol. The predicted octanol–water partition coefficient (Wildman–Crippen LogP) is 2.70. The van der Waals surface area contributed by atoms with Crippen LogP contribution in [0.3, 0.4) is 0 Å². The van der Waals surface area contributed by atoms with Crippen molar-refractivity contribution in [3.63, 3.8) is 0 Å². The fraction of sp³-hybridized carbons (Fsp3) is 0.250. The second-order valence-electron chi connectivity index (χ2n) is 2.21. The molecule has 0 aliphatic carbocycles. The highest BCUT2D eigenvalue weighted by Crippen LogP contribution is 2.23. The van der Waals surface area contributed by atoms with Gasteiger partial charge in [-0.15, -0.1) is 4.91 Å². The highest BCUT2D eigenvalue weighted by Gasteiger charge is 2.05. The Hall–Kier alpha value is -1.09. The third-order valence-electron chi connectivity index (χ3n) is 1.48. The van der Waals surface area contributed by atoms with Crippen LogP contribution in [0.25, 0.3) is 0 Å². The summed E-state index contributed by atoms with van der Waals surface area (Å²) in [6.45, 7) is 0. The Kier molecular flexibility index (Phi) is 3.05. The summed E-state index contributed by atoms with van der Waals surface area (Å²) < 4.78 is 4.93. The lowest BCUT2D eigenvalue weighted by molar-refractivity contribution is 0.414. The Balaban J connectivity index is 2.84. The van der Waals surface area contributed by atoms with Crippen LogP contribution in [0.1, 0.15) is 11.1 Å². The molecule has 3 nitrogen and oxygen atoms in total. The normalized spacial score (nSPS) is 12.2. The lowest BCUT2D eigenvalue weighted by Crippen LogP contribution is -1.86. The molecule has 1 aromatic carbocycles. The number of ether oxygens (including phenoxy) is 1. The van der Waals surface area contributed by atoms with E-state index in [1.807, 2.05) is 0 Å². The third kappa shape index (κ3) is 1.95. The van der Waals surface area contributed by atoms with Crippen molar-refractivity contribution >= 4 is 11.6 Å². The Morgan fingerprint density at radius 1 is 1.42 bits per heavy atom. The molecule has 64 valence electrons. The van der Waals surface area contributed by atoms with Gasteiger partial charge in [0.15, 0.2) is 5.50 Å². The molecule has 0 aliphatic rings. The highest BCUT2D eigenvalue weighted by atomic mass is 35.5. The van der Waals surface area contributed by atoms with Crippen molar-refractivity contribution in [2.75, 3.05) is 7.11 Å². The van der Waals surface area contributed by atoms with Crippen LogP contribution in [0.4, 0.5) is 0 Å². The summed E-state index contributed by atoms with van der Waals surface area (Å²) in [5.74, 6) is 0.730. The number of hydrogen-bond donors (Lipinski definition) is 0. The Labute approximate surface area is 75.3 Å². The van der Waals surface area contributed by atoms with Crippen LogP contribution >= 0.6 is 11.6 Å². The van der Waals surface area contributed by atoms with Crippen LogP contribution in [-0.2, 0) is 0 Å². The van der Waals surface area contributed by atoms with Crippen molar-refractivity contribution in [2.45, 2.75) is 5.50 Å². The quantitative estimate of drug-likeness (QED) is 0.413. The van der Waals surface area contributed by atoms with Crippen LogP contribution in [0.5, 0.6) is 5.75 Å². The zero-order valence-corrected chi connectivity index (χ0v) is 7.28. The molecule has 12 heavy (non-hydrogen) atoms. The van der Waals surface area contributed by atoms with E-state index < -0.39 is 5.50 Å². The molecule has 0 spiro atoms. The Morgan fingerprint density at radius 3 is 2.42 bits per heavy atom. The van der Waals surface area contributed by atoms with E-state index in [9.17, 15) is 4.91 Å². The molecule has 0 heterocycles. The van der Waals surface area contributed by atoms with Gasteiger partial charge in [-0.3, -0.25) is 0 Å². The monoisotopic (exact) mass is 185 g/mol. The van der Waals surface area contributed by atoms with Gasteiger partial charge in [-0.05, 0) is 22.9 Å². The lowest BCUT2D eigenvalue weighted by atomic mass is 10.2. The van der Waals surface area contributed by atoms with Crippen molar-refractivity contribution < 1.29 is 4.74 Å². The molecule has 0 radical (unpaired) electrons. The number of halogens is 1. The minimum absolute atomic E-state index is 0.674. The minimum atomic E-state index is -0.809. The topological polar surface area (TPSA) is 38.7 Å². The van der Waals surface area contributed by atoms with Gasteiger partial charge in [-0.2, -0.15) is 0 Å². The number of nitroso groups, excluding NO2 is 1. The summed E-state index contributed by atoms with van der Waals surface area (Å²) in [5, 5.41) is 2.69. The molecule has 0 fully saturated rings. The number of hydrogen-bond acceptors (Lipinski definition) is 3. The summed E-state index contributed by atoms with van der Waals surface area (Å²) in [4.78, 5) is 10.0. The maximum atomic E-state index is 10.0. The summed E-state index contributed by atoms with van der Waals surface area (Å²) in [5.41, 5.74) is -0.136. The Bertz CT molecular complexity index is 260. The SMILES string of the molecule is COc1ccc(C(Cl)N=O)cc1. The van der Waals surface area contributed by atoms with E-state index in [0.717, 1.165) is 5.75 Å².